The molecule has 52 valence electrons. The van der Waals surface area contributed by atoms with Gasteiger partial charge in [-0.2, -0.15) is 12.8 Å². The van der Waals surface area contributed by atoms with E-state index in [1.165, 1.54) is 12.4 Å². The van der Waals surface area contributed by atoms with Crippen LogP contribution in [0.4, 0.5) is 0 Å². The third-order valence-electron chi connectivity index (χ3n) is 0.742. The zero-order chi connectivity index (χ0) is 6.91. The monoisotopic (exact) mass is 150 g/mol. The average Bonchev–Trinajstić information content (AvgIpc) is 2.08. The summed E-state index contributed by atoms with van der Waals surface area (Å²) in [6, 6.07) is 0. The van der Waals surface area contributed by atoms with E-state index in [4.69, 9.17) is 0 Å². The molecule has 0 aromatic carbocycles. The molecule has 6 nitrogen and oxygen atoms in total. The first-order chi connectivity index (χ1) is 4.11. The van der Waals surface area contributed by atoms with Gasteiger partial charge >= 0.3 is 10.2 Å². The number of nitrogens with one attached hydrogen (secondary N) is 2. The molecule has 0 atom stereocenters. The van der Waals surface area contributed by atoms with Gasteiger partial charge in [0.2, 0.25) is 0 Å². The highest BCUT2D eigenvalue weighted by molar-refractivity contribution is 7.86. The highest BCUT2D eigenvalue weighted by Crippen LogP contribution is 1.91. The van der Waals surface area contributed by atoms with Crippen molar-refractivity contribution in [1.82, 2.24) is 15.4 Å². The molecule has 0 radical (unpaired) electrons. The number of hydrogen-bond acceptors (Lipinski definition) is 4. The number of nitrogens with two attached hydrogens (primary N) is 1. The second-order valence-corrected chi connectivity index (χ2v) is 2.84. The van der Waals surface area contributed by atoms with E-state index in [1.54, 1.807) is 0 Å². The van der Waals surface area contributed by atoms with Crippen LogP contribution >= 0.6 is 0 Å². The molecule has 1 rings (SSSR count). The van der Waals surface area contributed by atoms with Crippen molar-refractivity contribution in [3.63, 3.8) is 0 Å². The Morgan fingerprint density at radius 2 is 2.22 bits per heavy atom. The maximum absolute atomic E-state index is 10.4. The Hall–Kier alpha value is -0.790. The Labute approximate surface area is 52.4 Å². The van der Waals surface area contributed by atoms with Crippen molar-refractivity contribution in [3.05, 3.63) is 12.4 Å². The average molecular weight is 150 g/mol. The molecule has 1 aliphatic heterocycles. The molecule has 0 aromatic heterocycles. The highest BCUT2D eigenvalue weighted by Gasteiger charge is 2.13. The van der Waals surface area contributed by atoms with Crippen molar-refractivity contribution in [2.75, 3.05) is 0 Å². The molecule has 4 N–H and O–H groups in total. The van der Waals surface area contributed by atoms with Crippen LogP contribution in [0.5, 0.6) is 0 Å². The van der Waals surface area contributed by atoms with Crippen LogP contribution in [0, 0.1) is 0 Å². The number of hydrogen-bond donors (Lipinski definition) is 3. The lowest BCUT2D eigenvalue weighted by atomic mass is 11.0. The fourth-order valence-electron chi connectivity index (χ4n) is 0.392. The minimum atomic E-state index is -3.63. The van der Waals surface area contributed by atoms with Gasteiger partial charge in [0.05, 0.1) is 6.20 Å². The minimum Gasteiger partial charge on any atom is -0.309 e. The number of rotatable bonds is 1. The Bertz CT molecular complexity index is 219. The highest BCUT2D eigenvalue weighted by atomic mass is 32.2. The van der Waals surface area contributed by atoms with Crippen LogP contribution in [0.1, 0.15) is 0 Å². The van der Waals surface area contributed by atoms with Crippen LogP contribution in [0.2, 0.25) is 0 Å². The van der Waals surface area contributed by atoms with Gasteiger partial charge in [0, 0.05) is 6.20 Å². The summed E-state index contributed by atoms with van der Waals surface area (Å²) < 4.78 is 21.5. The molecule has 7 heteroatoms. The van der Waals surface area contributed by atoms with Gasteiger partial charge < -0.3 is 5.43 Å². The van der Waals surface area contributed by atoms with Crippen LogP contribution in [0.3, 0.4) is 0 Å². The van der Waals surface area contributed by atoms with E-state index in [2.05, 4.69) is 16.1 Å². The Morgan fingerprint density at radius 1 is 1.56 bits per heavy atom. The second-order valence-electron chi connectivity index (χ2n) is 1.41. The van der Waals surface area contributed by atoms with E-state index in [1.807, 2.05) is 0 Å². The van der Waals surface area contributed by atoms with Crippen molar-refractivity contribution in [2.24, 2.45) is 5.14 Å². The van der Waals surface area contributed by atoms with Gasteiger partial charge in [-0.05, 0) is 0 Å². The van der Waals surface area contributed by atoms with Gasteiger partial charge in [-0.25, -0.2) is 5.14 Å². The van der Waals surface area contributed by atoms with Crippen molar-refractivity contribution >= 4 is 10.2 Å². The number of nitrogens with zero attached hydrogens (tertiary/aromatic N) is 1. The minimum absolute atomic E-state index is 0.757. The van der Waals surface area contributed by atoms with Crippen molar-refractivity contribution < 1.29 is 8.42 Å². The number of hydrazine groups is 2. The quantitative estimate of drug-likeness (QED) is 0.403. The van der Waals surface area contributed by atoms with Crippen LogP contribution in [0.15, 0.2) is 12.4 Å². The first-order valence-electron chi connectivity index (χ1n) is 2.11. The molecule has 1 heterocycles. The SMILES string of the molecule is NS(=O)(=O)N1C=CNN1. The molecule has 9 heavy (non-hydrogen) atoms. The largest absolute Gasteiger partial charge is 0.313 e. The summed E-state index contributed by atoms with van der Waals surface area (Å²) in [4.78, 5) is 0. The molecule has 0 amide bonds. The molecule has 0 saturated carbocycles. The third kappa shape index (κ3) is 1.31. The molecular formula is C2H6N4O2S. The standard InChI is InChI=1S/C2H6N4O2S/c3-9(7,8)6-2-1-4-5-6/h1-2,4-5H,(H2,3,7,8). The van der Waals surface area contributed by atoms with E-state index < -0.39 is 10.2 Å². The fourth-order valence-corrected chi connectivity index (χ4v) is 0.802. The van der Waals surface area contributed by atoms with E-state index in [-0.39, 0.29) is 0 Å². The predicted octanol–water partition coefficient (Wildman–Crippen LogP) is -2.01. The second kappa shape index (κ2) is 1.87. The summed E-state index contributed by atoms with van der Waals surface area (Å²) >= 11 is 0. The lowest BCUT2D eigenvalue weighted by Crippen LogP contribution is -2.43. The van der Waals surface area contributed by atoms with Gasteiger partial charge in [0.15, 0.2) is 0 Å². The third-order valence-corrected chi connectivity index (χ3v) is 1.50. The molecule has 0 fully saturated rings. The lowest BCUT2D eigenvalue weighted by molar-refractivity contribution is 0.401. The smallest absolute Gasteiger partial charge is 0.309 e. The van der Waals surface area contributed by atoms with E-state index in [9.17, 15) is 8.42 Å². The van der Waals surface area contributed by atoms with Crippen molar-refractivity contribution in [3.8, 4) is 0 Å². The van der Waals surface area contributed by atoms with Crippen LogP contribution in [0.25, 0.3) is 0 Å². The molecule has 0 saturated heterocycles. The summed E-state index contributed by atoms with van der Waals surface area (Å²) in [6.45, 7) is 0. The maximum atomic E-state index is 10.4. The Kier molecular flexibility index (Phi) is 1.31. The van der Waals surface area contributed by atoms with Gasteiger partial charge in [0.1, 0.15) is 0 Å². The normalized spacial score (nSPS) is 18.1. The van der Waals surface area contributed by atoms with E-state index in [0.29, 0.717) is 0 Å². The van der Waals surface area contributed by atoms with Gasteiger partial charge in [-0.1, -0.05) is 0 Å². The molecule has 1 aliphatic rings. The topological polar surface area (TPSA) is 87.5 Å². The van der Waals surface area contributed by atoms with Crippen LogP contribution in [-0.4, -0.2) is 12.8 Å². The first kappa shape index (κ1) is 6.33. The summed E-state index contributed by atoms with van der Waals surface area (Å²) in [7, 11) is -3.63. The van der Waals surface area contributed by atoms with E-state index in [0.717, 1.165) is 4.41 Å². The predicted molar refractivity (Wildman–Crippen MR) is 30.4 cm³/mol. The van der Waals surface area contributed by atoms with Gasteiger partial charge in [-0.3, -0.25) is 0 Å². The lowest BCUT2D eigenvalue weighted by Gasteiger charge is -2.10. The molecule has 0 aromatic rings. The summed E-state index contributed by atoms with van der Waals surface area (Å²) in [6.07, 6.45) is 2.67. The van der Waals surface area contributed by atoms with Crippen LogP contribution < -0.4 is 16.1 Å². The summed E-state index contributed by atoms with van der Waals surface area (Å²) in [5.41, 5.74) is 4.67. The molecule has 0 bridgehead atoms. The van der Waals surface area contributed by atoms with E-state index >= 15 is 0 Å². The molecule has 0 unspecified atom stereocenters. The Balaban J connectivity index is 2.76. The molecule has 0 aliphatic carbocycles. The first-order valence-corrected chi connectivity index (χ1v) is 3.61. The fraction of sp³-hybridized carbons (Fsp3) is 0. The summed E-state index contributed by atoms with van der Waals surface area (Å²) in [5, 5.41) is 4.69. The van der Waals surface area contributed by atoms with Crippen LogP contribution in [-0.2, 0) is 10.2 Å². The van der Waals surface area contributed by atoms with Gasteiger partial charge in [0.25, 0.3) is 0 Å². The zero-order valence-electron chi connectivity index (χ0n) is 4.40. The molecular weight excluding hydrogens is 144 g/mol. The van der Waals surface area contributed by atoms with Crippen molar-refractivity contribution in [1.29, 1.82) is 0 Å². The zero-order valence-corrected chi connectivity index (χ0v) is 5.22. The summed E-state index contributed by atoms with van der Waals surface area (Å²) in [5.74, 6) is 0. The maximum Gasteiger partial charge on any atom is 0.313 e. The van der Waals surface area contributed by atoms with Crippen molar-refractivity contribution in [2.45, 2.75) is 0 Å². The Morgan fingerprint density at radius 3 is 2.44 bits per heavy atom. The van der Waals surface area contributed by atoms with Gasteiger partial charge in [-0.15, -0.1) is 5.53 Å². The molecule has 0 spiro atoms.